The summed E-state index contributed by atoms with van der Waals surface area (Å²) in [5.41, 5.74) is -0.786. The predicted molar refractivity (Wildman–Crippen MR) is 66.4 cm³/mol. The first-order chi connectivity index (χ1) is 9.15. The van der Waals surface area contributed by atoms with Gasteiger partial charge >= 0.3 is 0 Å². The zero-order chi connectivity index (χ0) is 13.9. The highest BCUT2D eigenvalue weighted by Crippen LogP contribution is 2.42. The lowest BCUT2D eigenvalue weighted by Crippen LogP contribution is -2.51. The Labute approximate surface area is 112 Å². The summed E-state index contributed by atoms with van der Waals surface area (Å²) in [5.74, 6) is 0. The standard InChI is InChI=1S/C13H21NO5/c1-14-5-4-9-2-3-12-13(8-16,19-9)6-11(18-12)10(17)7-15/h9-12,15-17H,2-8H2/t9-,10-,11-,12+,13?/m1/s1. The van der Waals surface area contributed by atoms with Gasteiger partial charge in [0.2, 0.25) is 6.54 Å². The number of aliphatic hydroxyl groups excluding tert-OH is 3. The average molecular weight is 271 g/mol. The minimum absolute atomic E-state index is 0.0360. The summed E-state index contributed by atoms with van der Waals surface area (Å²) in [4.78, 5) is 3.32. The van der Waals surface area contributed by atoms with Crippen LogP contribution >= 0.6 is 0 Å². The summed E-state index contributed by atoms with van der Waals surface area (Å²) in [5, 5.41) is 28.3. The minimum Gasteiger partial charge on any atom is -0.394 e. The first-order valence-corrected chi connectivity index (χ1v) is 6.71. The summed E-state index contributed by atoms with van der Waals surface area (Å²) in [7, 11) is 0. The topological polar surface area (TPSA) is 83.5 Å². The summed E-state index contributed by atoms with van der Waals surface area (Å²) in [6.07, 6.45) is 0.859. The number of ether oxygens (including phenoxy) is 2. The van der Waals surface area contributed by atoms with Crippen molar-refractivity contribution >= 4 is 0 Å². The van der Waals surface area contributed by atoms with Gasteiger partial charge in [-0.2, -0.15) is 0 Å². The van der Waals surface area contributed by atoms with E-state index in [1.54, 1.807) is 0 Å². The zero-order valence-electron chi connectivity index (χ0n) is 10.9. The fourth-order valence-corrected chi connectivity index (χ4v) is 3.00. The van der Waals surface area contributed by atoms with Gasteiger partial charge in [-0.05, 0) is 12.8 Å². The molecule has 2 aliphatic rings. The van der Waals surface area contributed by atoms with Crippen LogP contribution < -0.4 is 0 Å². The molecule has 2 rings (SSSR count). The van der Waals surface area contributed by atoms with Gasteiger partial charge in [0.1, 0.15) is 11.7 Å². The van der Waals surface area contributed by atoms with Gasteiger partial charge in [-0.1, -0.05) is 0 Å². The molecular weight excluding hydrogens is 250 g/mol. The number of rotatable bonds is 5. The molecule has 6 nitrogen and oxygen atoms in total. The second-order valence-electron chi connectivity index (χ2n) is 5.33. The van der Waals surface area contributed by atoms with Crippen LogP contribution in [0.1, 0.15) is 25.7 Å². The predicted octanol–water partition coefficient (Wildman–Crippen LogP) is -0.283. The second-order valence-corrected chi connectivity index (χ2v) is 5.33. The molecule has 0 spiro atoms. The molecule has 0 amide bonds. The summed E-state index contributed by atoms with van der Waals surface area (Å²) < 4.78 is 11.7. The second kappa shape index (κ2) is 6.16. The van der Waals surface area contributed by atoms with E-state index < -0.39 is 17.8 Å². The Kier molecular flexibility index (Phi) is 4.76. The largest absolute Gasteiger partial charge is 0.394 e. The molecule has 0 aromatic rings. The third kappa shape index (κ3) is 2.91. The normalized spacial score (nSPS) is 39.6. The van der Waals surface area contributed by atoms with Gasteiger partial charge in [0.15, 0.2) is 0 Å². The molecule has 108 valence electrons. The SMILES string of the molecule is [C-]#[N+]CC[C@H]1CC[C@@H]2O[C@@H]([C@H](O)CO)CC2(CO)O1. The van der Waals surface area contributed by atoms with Gasteiger partial charge in [-0.3, -0.25) is 0 Å². The van der Waals surface area contributed by atoms with E-state index in [0.717, 1.165) is 12.8 Å². The number of hydrogen-bond donors (Lipinski definition) is 3. The molecule has 2 saturated heterocycles. The van der Waals surface area contributed by atoms with E-state index in [4.69, 9.17) is 21.2 Å². The molecule has 0 radical (unpaired) electrons. The number of fused-ring (bicyclic) bond motifs is 1. The molecule has 3 N–H and O–H groups in total. The minimum atomic E-state index is -0.945. The third-order valence-corrected chi connectivity index (χ3v) is 4.07. The van der Waals surface area contributed by atoms with Gasteiger partial charge in [0.05, 0.1) is 31.5 Å². The van der Waals surface area contributed by atoms with E-state index in [-0.39, 0.29) is 25.4 Å². The van der Waals surface area contributed by atoms with Gasteiger partial charge < -0.3 is 29.6 Å². The van der Waals surface area contributed by atoms with E-state index >= 15 is 0 Å². The Bertz CT molecular complexity index is 344. The van der Waals surface area contributed by atoms with Gasteiger partial charge in [-0.15, -0.1) is 0 Å². The highest BCUT2D eigenvalue weighted by atomic mass is 16.6. The monoisotopic (exact) mass is 271 g/mol. The highest BCUT2D eigenvalue weighted by Gasteiger charge is 2.54. The number of aliphatic hydroxyl groups is 3. The van der Waals surface area contributed by atoms with Crippen LogP contribution in [-0.4, -0.2) is 65.1 Å². The first-order valence-electron chi connectivity index (χ1n) is 6.71. The van der Waals surface area contributed by atoms with Gasteiger partial charge in [-0.25, -0.2) is 6.57 Å². The molecule has 19 heavy (non-hydrogen) atoms. The smallest absolute Gasteiger partial charge is 0.217 e. The van der Waals surface area contributed by atoms with Crippen LogP contribution in [-0.2, 0) is 9.47 Å². The molecule has 0 bridgehead atoms. The number of nitrogens with zero attached hydrogens (tertiary/aromatic N) is 1. The fraction of sp³-hybridized carbons (Fsp3) is 0.923. The van der Waals surface area contributed by atoms with Crippen molar-refractivity contribution in [3.63, 3.8) is 0 Å². The maximum absolute atomic E-state index is 9.67. The summed E-state index contributed by atoms with van der Waals surface area (Å²) >= 11 is 0. The van der Waals surface area contributed by atoms with Crippen molar-refractivity contribution < 1.29 is 24.8 Å². The molecule has 0 aromatic heterocycles. The van der Waals surface area contributed by atoms with Crippen molar-refractivity contribution in [1.29, 1.82) is 0 Å². The molecule has 6 heteroatoms. The van der Waals surface area contributed by atoms with Crippen molar-refractivity contribution in [2.45, 2.75) is 55.7 Å². The Morgan fingerprint density at radius 1 is 1.37 bits per heavy atom. The van der Waals surface area contributed by atoms with Crippen LogP contribution in [0.5, 0.6) is 0 Å². The van der Waals surface area contributed by atoms with Crippen LogP contribution in [0, 0.1) is 6.57 Å². The van der Waals surface area contributed by atoms with E-state index in [1.807, 2.05) is 0 Å². The van der Waals surface area contributed by atoms with Crippen molar-refractivity contribution in [2.24, 2.45) is 0 Å². The fourth-order valence-electron chi connectivity index (χ4n) is 3.00. The van der Waals surface area contributed by atoms with E-state index in [0.29, 0.717) is 19.4 Å². The third-order valence-electron chi connectivity index (χ3n) is 4.07. The Morgan fingerprint density at radius 3 is 2.79 bits per heavy atom. The molecule has 1 unspecified atom stereocenters. The van der Waals surface area contributed by atoms with E-state index in [1.165, 1.54) is 0 Å². The average Bonchev–Trinajstić information content (AvgIpc) is 2.83. The van der Waals surface area contributed by atoms with Crippen LogP contribution in [0.25, 0.3) is 4.85 Å². The first kappa shape index (κ1) is 14.7. The van der Waals surface area contributed by atoms with Crippen LogP contribution in [0.4, 0.5) is 0 Å². The van der Waals surface area contributed by atoms with Crippen LogP contribution in [0.3, 0.4) is 0 Å². The molecular formula is C13H21NO5. The molecule has 2 fully saturated rings. The van der Waals surface area contributed by atoms with Crippen LogP contribution in [0.2, 0.25) is 0 Å². The lowest BCUT2D eigenvalue weighted by Gasteiger charge is -2.40. The molecule has 5 atom stereocenters. The highest BCUT2D eigenvalue weighted by molar-refractivity contribution is 5.02. The quantitative estimate of drug-likeness (QED) is 0.599. The zero-order valence-corrected chi connectivity index (χ0v) is 10.9. The Morgan fingerprint density at radius 2 is 2.16 bits per heavy atom. The van der Waals surface area contributed by atoms with Crippen molar-refractivity contribution in [1.82, 2.24) is 0 Å². The lowest BCUT2D eigenvalue weighted by molar-refractivity contribution is -0.184. The maximum atomic E-state index is 9.67. The Hall–Kier alpha value is -0.710. The van der Waals surface area contributed by atoms with E-state index in [9.17, 15) is 10.2 Å². The van der Waals surface area contributed by atoms with Crippen molar-refractivity contribution in [2.75, 3.05) is 19.8 Å². The maximum Gasteiger partial charge on any atom is 0.217 e. The molecule has 2 heterocycles. The molecule has 2 aliphatic heterocycles. The molecule has 0 saturated carbocycles. The Balaban J connectivity index is 2.02. The van der Waals surface area contributed by atoms with Crippen molar-refractivity contribution in [3.8, 4) is 0 Å². The molecule has 0 aliphatic carbocycles. The van der Waals surface area contributed by atoms with Crippen molar-refractivity contribution in [3.05, 3.63) is 11.4 Å². The molecule has 0 aromatic carbocycles. The van der Waals surface area contributed by atoms with Crippen LogP contribution in [0.15, 0.2) is 0 Å². The number of hydrogen-bond acceptors (Lipinski definition) is 5. The lowest BCUT2D eigenvalue weighted by atomic mass is 9.86. The summed E-state index contributed by atoms with van der Waals surface area (Å²) in [6, 6.07) is 0. The summed E-state index contributed by atoms with van der Waals surface area (Å²) in [6.45, 7) is 6.70. The van der Waals surface area contributed by atoms with Gasteiger partial charge in [0.25, 0.3) is 0 Å². The van der Waals surface area contributed by atoms with Gasteiger partial charge in [0, 0.05) is 12.8 Å². The van der Waals surface area contributed by atoms with E-state index in [2.05, 4.69) is 4.85 Å².